The van der Waals surface area contributed by atoms with Crippen LogP contribution < -0.4 is 4.90 Å². The van der Waals surface area contributed by atoms with E-state index in [2.05, 4.69) is 23.8 Å². The van der Waals surface area contributed by atoms with Crippen LogP contribution in [0.15, 0.2) is 30.5 Å². The van der Waals surface area contributed by atoms with E-state index in [0.29, 0.717) is 24.3 Å². The van der Waals surface area contributed by atoms with Crippen LogP contribution in [0.2, 0.25) is 0 Å². The SMILES string of the molecule is Cc1ccc(-n2ncc(C#N)c2N2CC(S)CC2=O)cc1. The van der Waals surface area contributed by atoms with Gasteiger partial charge < -0.3 is 0 Å². The first-order valence-electron chi connectivity index (χ1n) is 6.63. The van der Waals surface area contributed by atoms with E-state index in [1.54, 1.807) is 9.58 Å². The summed E-state index contributed by atoms with van der Waals surface area (Å²) >= 11 is 4.37. The summed E-state index contributed by atoms with van der Waals surface area (Å²) in [4.78, 5) is 13.7. The van der Waals surface area contributed by atoms with Crippen LogP contribution in [0.5, 0.6) is 0 Å². The Kier molecular flexibility index (Phi) is 3.43. The van der Waals surface area contributed by atoms with Gasteiger partial charge in [-0.05, 0) is 19.1 Å². The van der Waals surface area contributed by atoms with Gasteiger partial charge in [0.1, 0.15) is 11.6 Å². The predicted molar refractivity (Wildman–Crippen MR) is 82.8 cm³/mol. The molecule has 0 aliphatic carbocycles. The Bertz CT molecular complexity index is 729. The lowest BCUT2D eigenvalue weighted by molar-refractivity contribution is -0.117. The van der Waals surface area contributed by atoms with Crippen molar-refractivity contribution >= 4 is 24.4 Å². The molecule has 106 valence electrons. The number of carbonyl (C=O) groups is 1. The number of hydrogen-bond donors (Lipinski definition) is 1. The number of aromatic nitrogens is 2. The van der Waals surface area contributed by atoms with Gasteiger partial charge >= 0.3 is 0 Å². The number of anilines is 1. The first kappa shape index (κ1) is 13.7. The van der Waals surface area contributed by atoms with Gasteiger partial charge in [0, 0.05) is 18.2 Å². The molecule has 1 aliphatic heterocycles. The van der Waals surface area contributed by atoms with Gasteiger partial charge in [-0.2, -0.15) is 23.0 Å². The summed E-state index contributed by atoms with van der Waals surface area (Å²) in [6.45, 7) is 2.50. The molecule has 2 aromatic rings. The van der Waals surface area contributed by atoms with Crippen LogP contribution in [0.1, 0.15) is 17.5 Å². The summed E-state index contributed by atoms with van der Waals surface area (Å²) in [6, 6.07) is 9.90. The third-order valence-corrected chi connectivity index (χ3v) is 3.85. The third kappa shape index (κ3) is 2.41. The molecule has 0 bridgehead atoms. The zero-order chi connectivity index (χ0) is 15.0. The fraction of sp³-hybridized carbons (Fsp3) is 0.267. The van der Waals surface area contributed by atoms with E-state index >= 15 is 0 Å². The number of aryl methyl sites for hydroxylation is 1. The maximum atomic E-state index is 12.1. The van der Waals surface area contributed by atoms with Crippen molar-refractivity contribution in [1.82, 2.24) is 9.78 Å². The van der Waals surface area contributed by atoms with Crippen LogP contribution in [0.4, 0.5) is 5.82 Å². The minimum atomic E-state index is -0.0274. The smallest absolute Gasteiger partial charge is 0.229 e. The Hall–Kier alpha value is -2.26. The third-order valence-electron chi connectivity index (χ3n) is 3.50. The van der Waals surface area contributed by atoms with Gasteiger partial charge in [0.2, 0.25) is 5.91 Å². The molecule has 0 spiro atoms. The fourth-order valence-electron chi connectivity index (χ4n) is 2.45. The molecule has 1 unspecified atom stereocenters. The van der Waals surface area contributed by atoms with Gasteiger partial charge in [-0.15, -0.1) is 0 Å². The first-order chi connectivity index (χ1) is 10.1. The van der Waals surface area contributed by atoms with Crippen molar-refractivity contribution in [3.8, 4) is 11.8 Å². The molecule has 0 N–H and O–H groups in total. The van der Waals surface area contributed by atoms with Gasteiger partial charge in [-0.3, -0.25) is 9.69 Å². The Morgan fingerprint density at radius 2 is 2.10 bits per heavy atom. The number of nitriles is 1. The maximum Gasteiger partial charge on any atom is 0.229 e. The highest BCUT2D eigenvalue weighted by Crippen LogP contribution is 2.29. The van der Waals surface area contributed by atoms with Crippen molar-refractivity contribution < 1.29 is 4.79 Å². The predicted octanol–water partition coefficient (Wildman–Crippen LogP) is 2.09. The molecule has 1 amide bonds. The number of nitrogens with zero attached hydrogens (tertiary/aromatic N) is 4. The number of benzene rings is 1. The zero-order valence-corrected chi connectivity index (χ0v) is 12.4. The molecule has 1 fully saturated rings. The Labute approximate surface area is 128 Å². The van der Waals surface area contributed by atoms with E-state index in [9.17, 15) is 10.1 Å². The van der Waals surface area contributed by atoms with Gasteiger partial charge in [0.15, 0.2) is 5.82 Å². The average molecular weight is 298 g/mol. The van der Waals surface area contributed by atoms with E-state index in [1.807, 2.05) is 31.2 Å². The van der Waals surface area contributed by atoms with E-state index in [0.717, 1.165) is 11.3 Å². The van der Waals surface area contributed by atoms with Crippen LogP contribution >= 0.6 is 12.6 Å². The van der Waals surface area contributed by atoms with Crippen molar-refractivity contribution in [1.29, 1.82) is 5.26 Å². The molecule has 21 heavy (non-hydrogen) atoms. The normalized spacial score (nSPS) is 18.0. The summed E-state index contributed by atoms with van der Waals surface area (Å²) in [7, 11) is 0. The number of rotatable bonds is 2. The zero-order valence-electron chi connectivity index (χ0n) is 11.5. The molecule has 5 nitrogen and oxygen atoms in total. The van der Waals surface area contributed by atoms with Crippen LogP contribution in [-0.2, 0) is 4.79 Å². The molecule has 0 saturated carbocycles. The standard InChI is InChI=1S/C15H14N4OS/c1-10-2-4-12(5-3-10)19-15(11(7-16)8-17-19)18-9-13(21)6-14(18)20/h2-5,8,13,21H,6,9H2,1H3. The average Bonchev–Trinajstić information content (AvgIpc) is 3.02. The van der Waals surface area contributed by atoms with Crippen LogP contribution in [0.25, 0.3) is 5.69 Å². The molecule has 2 heterocycles. The fourth-order valence-corrected chi connectivity index (χ4v) is 2.77. The van der Waals surface area contributed by atoms with Gasteiger partial charge in [-0.1, -0.05) is 17.7 Å². The van der Waals surface area contributed by atoms with Crippen LogP contribution in [0, 0.1) is 18.3 Å². The van der Waals surface area contributed by atoms with E-state index < -0.39 is 0 Å². The Morgan fingerprint density at radius 1 is 1.38 bits per heavy atom. The quantitative estimate of drug-likeness (QED) is 0.864. The highest BCUT2D eigenvalue weighted by Gasteiger charge is 2.32. The molecular weight excluding hydrogens is 284 g/mol. The lowest BCUT2D eigenvalue weighted by atomic mass is 10.2. The van der Waals surface area contributed by atoms with Crippen molar-refractivity contribution in [3.63, 3.8) is 0 Å². The minimum Gasteiger partial charge on any atom is -0.294 e. The number of hydrogen-bond acceptors (Lipinski definition) is 4. The summed E-state index contributed by atoms with van der Waals surface area (Å²) in [5, 5.41) is 13.5. The van der Waals surface area contributed by atoms with Crippen molar-refractivity contribution in [2.24, 2.45) is 0 Å². The molecule has 0 radical (unpaired) electrons. The summed E-state index contributed by atoms with van der Waals surface area (Å²) in [5.41, 5.74) is 2.36. The van der Waals surface area contributed by atoms with Crippen LogP contribution in [-0.4, -0.2) is 27.5 Å². The molecule has 6 heteroatoms. The molecule has 1 aromatic heterocycles. The molecule has 1 aliphatic rings. The van der Waals surface area contributed by atoms with Crippen molar-refractivity contribution in [3.05, 3.63) is 41.6 Å². The van der Waals surface area contributed by atoms with Crippen LogP contribution in [0.3, 0.4) is 0 Å². The second-order valence-electron chi connectivity index (χ2n) is 5.10. The minimum absolute atomic E-state index is 0.00888. The number of carbonyl (C=O) groups excluding carboxylic acids is 1. The highest BCUT2D eigenvalue weighted by atomic mass is 32.1. The highest BCUT2D eigenvalue weighted by molar-refractivity contribution is 7.81. The Balaban J connectivity index is 2.11. The topological polar surface area (TPSA) is 61.9 Å². The second kappa shape index (κ2) is 5.26. The monoisotopic (exact) mass is 298 g/mol. The first-order valence-corrected chi connectivity index (χ1v) is 7.15. The summed E-state index contributed by atoms with van der Waals surface area (Å²) in [5.74, 6) is 0.503. The van der Waals surface area contributed by atoms with E-state index in [4.69, 9.17) is 0 Å². The second-order valence-corrected chi connectivity index (χ2v) is 5.83. The molecule has 1 atom stereocenters. The molecule has 3 rings (SSSR count). The maximum absolute atomic E-state index is 12.1. The van der Waals surface area contributed by atoms with Crippen molar-refractivity contribution in [2.75, 3.05) is 11.4 Å². The lowest BCUT2D eigenvalue weighted by Crippen LogP contribution is -2.28. The van der Waals surface area contributed by atoms with E-state index in [1.165, 1.54) is 6.20 Å². The number of amides is 1. The summed E-state index contributed by atoms with van der Waals surface area (Å²) < 4.78 is 1.64. The van der Waals surface area contributed by atoms with Crippen molar-refractivity contribution in [2.45, 2.75) is 18.6 Å². The molecule has 1 aromatic carbocycles. The van der Waals surface area contributed by atoms with Gasteiger partial charge in [0.25, 0.3) is 0 Å². The molecular formula is C15H14N4OS. The molecule has 1 saturated heterocycles. The number of thiol groups is 1. The van der Waals surface area contributed by atoms with Gasteiger partial charge in [0.05, 0.1) is 11.9 Å². The largest absolute Gasteiger partial charge is 0.294 e. The lowest BCUT2D eigenvalue weighted by Gasteiger charge is -2.18. The summed E-state index contributed by atoms with van der Waals surface area (Å²) in [6.07, 6.45) is 1.88. The van der Waals surface area contributed by atoms with E-state index in [-0.39, 0.29) is 11.2 Å². The van der Waals surface area contributed by atoms with Gasteiger partial charge in [-0.25, -0.2) is 4.68 Å². The Morgan fingerprint density at radius 3 is 2.67 bits per heavy atom.